The molecule has 0 amide bonds. The third-order valence-electron chi connectivity index (χ3n) is 4.74. The summed E-state index contributed by atoms with van der Waals surface area (Å²) in [6.45, 7) is 0.348. The average molecular weight is 489 g/mol. The Labute approximate surface area is 192 Å². The van der Waals surface area contributed by atoms with E-state index in [1.807, 2.05) is 12.1 Å². The van der Waals surface area contributed by atoms with Gasteiger partial charge in [-0.2, -0.15) is 0 Å². The number of benzene rings is 3. The zero-order valence-corrected chi connectivity index (χ0v) is 19.1. The van der Waals surface area contributed by atoms with Crippen molar-refractivity contribution in [2.24, 2.45) is 0 Å². The fourth-order valence-corrected chi connectivity index (χ4v) is 5.38. The van der Waals surface area contributed by atoms with E-state index >= 15 is 0 Å². The lowest BCUT2D eigenvalue weighted by Gasteiger charge is -2.10. The summed E-state index contributed by atoms with van der Waals surface area (Å²) in [7, 11) is -2.69. The Morgan fingerprint density at radius 3 is 2.56 bits per heavy atom. The van der Waals surface area contributed by atoms with Crippen LogP contribution in [-0.4, -0.2) is 26.1 Å². The fraction of sp³-hybridized carbons (Fsp3) is 0.0909. The summed E-state index contributed by atoms with van der Waals surface area (Å²) in [6.07, 6.45) is 0. The van der Waals surface area contributed by atoms with Crippen molar-refractivity contribution >= 4 is 54.8 Å². The lowest BCUT2D eigenvalue weighted by atomic mass is 10.2. The van der Waals surface area contributed by atoms with Crippen LogP contribution in [0.5, 0.6) is 0 Å². The number of hydrogen-bond donors (Lipinski definition) is 1. The molecule has 32 heavy (non-hydrogen) atoms. The van der Waals surface area contributed by atoms with Crippen LogP contribution in [0.25, 0.3) is 10.2 Å². The van der Waals surface area contributed by atoms with Gasteiger partial charge in [-0.25, -0.2) is 13.2 Å². The summed E-state index contributed by atoms with van der Waals surface area (Å²) in [4.78, 5) is 24.0. The number of carbonyl (C=O) groups is 1. The van der Waals surface area contributed by atoms with Crippen LogP contribution in [0, 0.1) is 0 Å². The molecule has 0 saturated heterocycles. The predicted octanol–water partition coefficient (Wildman–Crippen LogP) is 4.35. The Balaban J connectivity index is 1.64. The number of nitrogens with zero attached hydrogens (tertiary/aromatic N) is 1. The zero-order chi connectivity index (χ0) is 22.9. The second-order valence-corrected chi connectivity index (χ2v) is 10.0. The molecular formula is C22H17ClN2O5S2. The molecule has 10 heteroatoms. The zero-order valence-electron chi connectivity index (χ0n) is 16.7. The van der Waals surface area contributed by atoms with Gasteiger partial charge in [0.2, 0.25) is 0 Å². The molecule has 0 bridgehead atoms. The monoisotopic (exact) mass is 488 g/mol. The Bertz CT molecular complexity index is 1470. The van der Waals surface area contributed by atoms with Crippen molar-refractivity contribution in [2.75, 3.05) is 11.8 Å². The van der Waals surface area contributed by atoms with Gasteiger partial charge in [0.15, 0.2) is 0 Å². The lowest BCUT2D eigenvalue weighted by Crippen LogP contribution is -2.14. The molecule has 1 heterocycles. The number of thiazole rings is 1. The van der Waals surface area contributed by atoms with E-state index in [1.165, 1.54) is 37.4 Å². The molecule has 0 fully saturated rings. The molecule has 0 aliphatic heterocycles. The highest BCUT2D eigenvalue weighted by atomic mass is 35.5. The van der Waals surface area contributed by atoms with E-state index in [4.69, 9.17) is 11.6 Å². The third kappa shape index (κ3) is 4.55. The largest absolute Gasteiger partial charge is 0.465 e. The summed E-state index contributed by atoms with van der Waals surface area (Å²) in [5.41, 5.74) is 1.99. The van der Waals surface area contributed by atoms with Gasteiger partial charge < -0.3 is 4.74 Å². The standard InChI is InChI=1S/C22H17ClN2O5S2/c1-30-21(26)15-3-2-4-17(11-15)24-32(28,29)18-9-10-19-20(12-18)31-22(27)25(19)13-14-5-7-16(23)8-6-14/h2-12,24H,13H2,1H3. The van der Waals surface area contributed by atoms with Gasteiger partial charge in [-0.15, -0.1) is 0 Å². The summed E-state index contributed by atoms with van der Waals surface area (Å²) in [5.74, 6) is -0.570. The maximum atomic E-state index is 12.9. The van der Waals surface area contributed by atoms with Gasteiger partial charge in [0.1, 0.15) is 0 Å². The van der Waals surface area contributed by atoms with Crippen LogP contribution in [0.4, 0.5) is 5.69 Å². The number of aromatic nitrogens is 1. The number of hydrogen-bond acceptors (Lipinski definition) is 6. The number of anilines is 1. The number of sulfonamides is 1. The highest BCUT2D eigenvalue weighted by Crippen LogP contribution is 2.25. The predicted molar refractivity (Wildman–Crippen MR) is 125 cm³/mol. The smallest absolute Gasteiger partial charge is 0.337 e. The van der Waals surface area contributed by atoms with E-state index in [9.17, 15) is 18.0 Å². The van der Waals surface area contributed by atoms with Crippen molar-refractivity contribution in [2.45, 2.75) is 11.4 Å². The number of methoxy groups -OCH3 is 1. The molecule has 0 aliphatic rings. The molecular weight excluding hydrogens is 472 g/mol. The van der Waals surface area contributed by atoms with Gasteiger partial charge in [-0.3, -0.25) is 14.1 Å². The van der Waals surface area contributed by atoms with Gasteiger partial charge in [0.05, 0.1) is 34.3 Å². The summed E-state index contributed by atoms with van der Waals surface area (Å²) in [5, 5.41) is 0.607. The van der Waals surface area contributed by atoms with Gasteiger partial charge in [0, 0.05) is 10.7 Å². The molecule has 1 aromatic heterocycles. The first-order valence-corrected chi connectivity index (χ1v) is 12.0. The van der Waals surface area contributed by atoms with Gasteiger partial charge >= 0.3 is 10.8 Å². The number of fused-ring (bicyclic) bond motifs is 1. The molecule has 0 saturated carbocycles. The first-order valence-electron chi connectivity index (χ1n) is 9.36. The Kier molecular flexibility index (Phi) is 6.05. The summed E-state index contributed by atoms with van der Waals surface area (Å²) >= 11 is 6.89. The fourth-order valence-electron chi connectivity index (χ4n) is 3.18. The Hall–Kier alpha value is -3.14. The van der Waals surface area contributed by atoms with Crippen molar-refractivity contribution in [1.29, 1.82) is 0 Å². The maximum absolute atomic E-state index is 12.9. The number of ether oxygens (including phenoxy) is 1. The van der Waals surface area contributed by atoms with E-state index in [2.05, 4.69) is 9.46 Å². The van der Waals surface area contributed by atoms with Gasteiger partial charge in [-0.1, -0.05) is 41.1 Å². The number of halogens is 1. The minimum Gasteiger partial charge on any atom is -0.465 e. The van der Waals surface area contributed by atoms with Crippen LogP contribution in [0.2, 0.25) is 5.02 Å². The van der Waals surface area contributed by atoms with E-state index < -0.39 is 16.0 Å². The molecule has 4 aromatic rings. The van der Waals surface area contributed by atoms with Crippen molar-refractivity contribution in [3.05, 3.63) is 92.5 Å². The van der Waals surface area contributed by atoms with E-state index in [0.717, 1.165) is 16.9 Å². The summed E-state index contributed by atoms with van der Waals surface area (Å²) < 4.78 is 35.0. The average Bonchev–Trinajstić information content (AvgIpc) is 3.09. The highest BCUT2D eigenvalue weighted by Gasteiger charge is 2.18. The topological polar surface area (TPSA) is 94.5 Å². The molecule has 0 radical (unpaired) electrons. The van der Waals surface area contributed by atoms with Gasteiger partial charge in [-0.05, 0) is 54.1 Å². The number of nitrogens with one attached hydrogen (secondary N) is 1. The second kappa shape index (κ2) is 8.78. The minimum absolute atomic E-state index is 0.00774. The summed E-state index contributed by atoms with van der Waals surface area (Å²) in [6, 6.07) is 17.7. The Morgan fingerprint density at radius 2 is 1.84 bits per heavy atom. The van der Waals surface area contributed by atoms with Crippen LogP contribution in [0.1, 0.15) is 15.9 Å². The quantitative estimate of drug-likeness (QED) is 0.407. The van der Waals surface area contributed by atoms with Crippen LogP contribution < -0.4 is 9.60 Å². The highest BCUT2D eigenvalue weighted by molar-refractivity contribution is 7.92. The number of esters is 1. The van der Waals surface area contributed by atoms with Gasteiger partial charge in [0.25, 0.3) is 10.0 Å². The normalized spacial score (nSPS) is 11.4. The van der Waals surface area contributed by atoms with Crippen molar-refractivity contribution < 1.29 is 17.9 Å². The lowest BCUT2D eigenvalue weighted by molar-refractivity contribution is 0.0600. The van der Waals surface area contributed by atoms with Crippen molar-refractivity contribution in [3.63, 3.8) is 0 Å². The maximum Gasteiger partial charge on any atom is 0.337 e. The molecule has 7 nitrogen and oxygen atoms in total. The van der Waals surface area contributed by atoms with Crippen molar-refractivity contribution in [3.8, 4) is 0 Å². The molecule has 1 N–H and O–H groups in total. The minimum atomic E-state index is -3.94. The molecule has 164 valence electrons. The van der Waals surface area contributed by atoms with E-state index in [-0.39, 0.29) is 21.0 Å². The molecule has 0 atom stereocenters. The molecule has 0 aliphatic carbocycles. The van der Waals surface area contributed by atoms with Crippen LogP contribution >= 0.6 is 22.9 Å². The third-order valence-corrected chi connectivity index (χ3v) is 7.31. The molecule has 0 unspecified atom stereocenters. The SMILES string of the molecule is COC(=O)c1cccc(NS(=O)(=O)c2ccc3c(c2)sc(=O)n3Cc2ccc(Cl)cc2)c1. The number of rotatable bonds is 6. The van der Waals surface area contributed by atoms with Crippen LogP contribution in [0.3, 0.4) is 0 Å². The molecule has 4 rings (SSSR count). The second-order valence-electron chi connectivity index (χ2n) is 6.89. The Morgan fingerprint density at radius 1 is 1.09 bits per heavy atom. The number of carbonyl (C=O) groups excluding carboxylic acids is 1. The van der Waals surface area contributed by atoms with Crippen LogP contribution in [-0.2, 0) is 21.3 Å². The molecule has 0 spiro atoms. The van der Waals surface area contributed by atoms with E-state index in [1.54, 1.807) is 28.8 Å². The van der Waals surface area contributed by atoms with Crippen LogP contribution in [0.15, 0.2) is 76.4 Å². The van der Waals surface area contributed by atoms with E-state index in [0.29, 0.717) is 21.8 Å². The molecule has 3 aromatic carbocycles. The first kappa shape index (κ1) is 22.1. The first-order chi connectivity index (χ1) is 15.3. The van der Waals surface area contributed by atoms with Crippen molar-refractivity contribution in [1.82, 2.24) is 4.57 Å².